The molecular weight excluding hydrogens is 232 g/mol. The Labute approximate surface area is 106 Å². The van der Waals surface area contributed by atoms with Gasteiger partial charge in [-0.25, -0.2) is 0 Å². The van der Waals surface area contributed by atoms with Gasteiger partial charge in [-0.1, -0.05) is 11.2 Å². The normalized spacial score (nSPS) is 18.4. The van der Waals surface area contributed by atoms with E-state index in [1.54, 1.807) is 12.3 Å². The van der Waals surface area contributed by atoms with Crippen LogP contribution >= 0.6 is 0 Å². The molecule has 1 aromatic rings. The lowest BCUT2D eigenvalue weighted by molar-refractivity contribution is -0.0314. The molecule has 0 aromatic carbocycles. The molecule has 0 saturated heterocycles. The maximum atomic E-state index is 9.95. The number of hydrogen-bond donors (Lipinski definition) is 4. The molecule has 1 aromatic heterocycles. The molecule has 6 nitrogen and oxygen atoms in total. The molecule has 1 saturated carbocycles. The minimum absolute atomic E-state index is 0.00486. The lowest BCUT2D eigenvalue weighted by Gasteiger charge is -2.36. The van der Waals surface area contributed by atoms with Gasteiger partial charge in [-0.3, -0.25) is 4.98 Å². The van der Waals surface area contributed by atoms with Gasteiger partial charge in [0.2, 0.25) is 0 Å². The van der Waals surface area contributed by atoms with Crippen molar-refractivity contribution in [3.05, 3.63) is 29.6 Å². The van der Waals surface area contributed by atoms with Gasteiger partial charge in [-0.15, -0.1) is 0 Å². The Hall–Kier alpha value is -1.66. The number of nitrogens with two attached hydrogens (primary N) is 1. The second-order valence-electron chi connectivity index (χ2n) is 4.68. The van der Waals surface area contributed by atoms with E-state index >= 15 is 0 Å². The zero-order chi connectivity index (χ0) is 13.0. The highest BCUT2D eigenvalue weighted by molar-refractivity contribution is 5.96. The van der Waals surface area contributed by atoms with Crippen LogP contribution in [0.15, 0.2) is 23.5 Å². The average Bonchev–Trinajstić information content (AvgIpc) is 2.36. The summed E-state index contributed by atoms with van der Waals surface area (Å²) in [4.78, 5) is 4.08. The van der Waals surface area contributed by atoms with Crippen LogP contribution in [0.4, 0.5) is 0 Å². The summed E-state index contributed by atoms with van der Waals surface area (Å²) in [7, 11) is 0. The lowest BCUT2D eigenvalue weighted by Crippen LogP contribution is -2.46. The monoisotopic (exact) mass is 250 g/mol. The van der Waals surface area contributed by atoms with Gasteiger partial charge in [-0.2, -0.15) is 0 Å². The van der Waals surface area contributed by atoms with Crippen molar-refractivity contribution in [2.75, 3.05) is 6.54 Å². The van der Waals surface area contributed by atoms with Crippen molar-refractivity contribution in [3.63, 3.8) is 0 Å². The molecule has 2 rings (SSSR count). The number of nitrogens with zero attached hydrogens (tertiary/aromatic N) is 2. The number of aliphatic hydroxyl groups is 1. The van der Waals surface area contributed by atoms with Crippen LogP contribution in [0.5, 0.6) is 0 Å². The first-order valence-electron chi connectivity index (χ1n) is 5.99. The Bertz CT molecular complexity index is 443. The van der Waals surface area contributed by atoms with Crippen LogP contribution in [0.25, 0.3) is 0 Å². The number of rotatable bonds is 5. The SMILES string of the molecule is N/C(=N/O)c1ncccc1CNCC1(O)CCC1. The standard InChI is InChI=1S/C12H18N4O2/c13-11(16-18)10-9(3-1-6-15-10)7-14-8-12(17)4-2-5-12/h1,3,6,14,17-18H,2,4-5,7-8H2,(H2,13,16). The van der Waals surface area contributed by atoms with Gasteiger partial charge < -0.3 is 21.4 Å². The van der Waals surface area contributed by atoms with Crippen LogP contribution in [0.2, 0.25) is 0 Å². The van der Waals surface area contributed by atoms with Crippen molar-refractivity contribution in [1.82, 2.24) is 10.3 Å². The van der Waals surface area contributed by atoms with E-state index in [0.717, 1.165) is 24.8 Å². The third-order valence-corrected chi connectivity index (χ3v) is 3.30. The Balaban J connectivity index is 1.96. The molecule has 0 amide bonds. The summed E-state index contributed by atoms with van der Waals surface area (Å²) >= 11 is 0. The van der Waals surface area contributed by atoms with E-state index in [1.165, 1.54) is 0 Å². The van der Waals surface area contributed by atoms with Crippen molar-refractivity contribution < 1.29 is 10.3 Å². The summed E-state index contributed by atoms with van der Waals surface area (Å²) in [6.45, 7) is 1.08. The van der Waals surface area contributed by atoms with E-state index < -0.39 is 5.60 Å². The summed E-state index contributed by atoms with van der Waals surface area (Å²) in [5.74, 6) is -0.00486. The molecule has 18 heavy (non-hydrogen) atoms. The van der Waals surface area contributed by atoms with Gasteiger partial charge in [0.05, 0.1) is 5.60 Å². The highest BCUT2D eigenvalue weighted by Gasteiger charge is 2.33. The minimum atomic E-state index is -0.557. The molecule has 6 heteroatoms. The maximum absolute atomic E-state index is 9.95. The van der Waals surface area contributed by atoms with Crippen LogP contribution in [0.1, 0.15) is 30.5 Å². The number of nitrogens with one attached hydrogen (secondary N) is 1. The molecule has 0 aliphatic heterocycles. The van der Waals surface area contributed by atoms with Crippen molar-refractivity contribution in [1.29, 1.82) is 0 Å². The Morgan fingerprint density at radius 3 is 2.94 bits per heavy atom. The topological polar surface area (TPSA) is 104 Å². The highest BCUT2D eigenvalue weighted by atomic mass is 16.4. The molecule has 0 bridgehead atoms. The highest BCUT2D eigenvalue weighted by Crippen LogP contribution is 2.30. The molecule has 1 fully saturated rings. The average molecular weight is 250 g/mol. The molecule has 0 spiro atoms. The Morgan fingerprint density at radius 1 is 1.56 bits per heavy atom. The van der Waals surface area contributed by atoms with Crippen molar-refractivity contribution in [3.8, 4) is 0 Å². The zero-order valence-corrected chi connectivity index (χ0v) is 10.1. The third kappa shape index (κ3) is 2.77. The van der Waals surface area contributed by atoms with E-state index in [9.17, 15) is 5.11 Å². The van der Waals surface area contributed by atoms with E-state index in [1.807, 2.05) is 6.07 Å². The fraction of sp³-hybridized carbons (Fsp3) is 0.500. The Morgan fingerprint density at radius 2 is 2.33 bits per heavy atom. The van der Waals surface area contributed by atoms with Gasteiger partial charge in [0.25, 0.3) is 0 Å². The quantitative estimate of drug-likeness (QED) is 0.258. The van der Waals surface area contributed by atoms with Crippen molar-refractivity contribution >= 4 is 5.84 Å². The van der Waals surface area contributed by atoms with E-state index in [4.69, 9.17) is 10.9 Å². The minimum Gasteiger partial charge on any atom is -0.409 e. The summed E-state index contributed by atoms with van der Waals surface area (Å²) in [5, 5.41) is 24.8. The smallest absolute Gasteiger partial charge is 0.189 e. The van der Waals surface area contributed by atoms with E-state index in [-0.39, 0.29) is 5.84 Å². The number of pyridine rings is 1. The number of aromatic nitrogens is 1. The van der Waals surface area contributed by atoms with Gasteiger partial charge in [-0.05, 0) is 30.9 Å². The molecule has 1 aliphatic carbocycles. The van der Waals surface area contributed by atoms with Gasteiger partial charge >= 0.3 is 0 Å². The number of oxime groups is 1. The van der Waals surface area contributed by atoms with Crippen molar-refractivity contribution in [2.45, 2.75) is 31.4 Å². The number of amidine groups is 1. The zero-order valence-electron chi connectivity index (χ0n) is 10.1. The van der Waals surface area contributed by atoms with Crippen LogP contribution < -0.4 is 11.1 Å². The van der Waals surface area contributed by atoms with Crippen molar-refractivity contribution in [2.24, 2.45) is 10.9 Å². The largest absolute Gasteiger partial charge is 0.409 e. The molecule has 5 N–H and O–H groups in total. The van der Waals surface area contributed by atoms with Gasteiger partial charge in [0.1, 0.15) is 5.69 Å². The molecule has 0 radical (unpaired) electrons. The van der Waals surface area contributed by atoms with Gasteiger partial charge in [0.15, 0.2) is 5.84 Å². The van der Waals surface area contributed by atoms with Crippen LogP contribution in [0.3, 0.4) is 0 Å². The summed E-state index contributed by atoms with van der Waals surface area (Å²) in [6.07, 6.45) is 4.37. The second-order valence-corrected chi connectivity index (χ2v) is 4.68. The second kappa shape index (κ2) is 5.32. The van der Waals surface area contributed by atoms with Crippen LogP contribution in [-0.4, -0.2) is 33.3 Å². The molecular formula is C12H18N4O2. The van der Waals surface area contributed by atoms with Gasteiger partial charge in [0, 0.05) is 19.3 Å². The van der Waals surface area contributed by atoms with Crippen LogP contribution in [0, 0.1) is 0 Å². The van der Waals surface area contributed by atoms with Crippen LogP contribution in [-0.2, 0) is 6.54 Å². The summed E-state index contributed by atoms with van der Waals surface area (Å²) in [6, 6.07) is 3.65. The maximum Gasteiger partial charge on any atom is 0.189 e. The predicted octanol–water partition coefficient (Wildman–Crippen LogP) is 0.181. The number of hydrogen-bond acceptors (Lipinski definition) is 5. The predicted molar refractivity (Wildman–Crippen MR) is 67.3 cm³/mol. The third-order valence-electron chi connectivity index (χ3n) is 3.30. The molecule has 0 unspecified atom stereocenters. The molecule has 0 atom stereocenters. The fourth-order valence-electron chi connectivity index (χ4n) is 2.05. The summed E-state index contributed by atoms with van der Waals surface area (Å²) < 4.78 is 0. The molecule has 1 heterocycles. The molecule has 98 valence electrons. The first kappa shape index (κ1) is 12.8. The summed E-state index contributed by atoms with van der Waals surface area (Å²) in [5.41, 5.74) is 6.30. The fourth-order valence-corrected chi connectivity index (χ4v) is 2.05. The van der Waals surface area contributed by atoms with E-state index in [2.05, 4.69) is 15.5 Å². The van der Waals surface area contributed by atoms with E-state index in [0.29, 0.717) is 18.8 Å². The first-order valence-corrected chi connectivity index (χ1v) is 5.99. The molecule has 1 aliphatic rings. The first-order chi connectivity index (χ1) is 8.64. The Kier molecular flexibility index (Phi) is 3.78. The lowest BCUT2D eigenvalue weighted by atomic mass is 9.80.